The van der Waals surface area contributed by atoms with Crippen molar-refractivity contribution in [2.75, 3.05) is 0 Å². The lowest BCUT2D eigenvalue weighted by Crippen LogP contribution is -1.82. The van der Waals surface area contributed by atoms with Crippen LogP contribution < -0.4 is 0 Å². The molecule has 0 spiro atoms. The molecule has 0 aliphatic heterocycles. The van der Waals surface area contributed by atoms with E-state index in [1.807, 2.05) is 36.4 Å². The fourth-order valence-corrected chi connectivity index (χ4v) is 4.16. The quantitative estimate of drug-likeness (QED) is 0.466. The minimum atomic E-state index is 0.798. The minimum Gasteiger partial charge on any atom is -0.240 e. The monoisotopic (exact) mass is 395 g/mol. The summed E-state index contributed by atoms with van der Waals surface area (Å²) in [5.74, 6) is 0.838. The summed E-state index contributed by atoms with van der Waals surface area (Å²) in [4.78, 5) is 5.79. The summed E-state index contributed by atoms with van der Waals surface area (Å²) in [7, 11) is 0. The van der Waals surface area contributed by atoms with E-state index < -0.39 is 0 Å². The van der Waals surface area contributed by atoms with E-state index in [1.54, 1.807) is 23.1 Å². The van der Waals surface area contributed by atoms with Gasteiger partial charge in [0.2, 0.25) is 0 Å². The van der Waals surface area contributed by atoms with Gasteiger partial charge in [0.1, 0.15) is 5.01 Å². The summed E-state index contributed by atoms with van der Waals surface area (Å²) >= 11 is 13.0. The molecule has 0 saturated carbocycles. The van der Waals surface area contributed by atoms with Crippen molar-refractivity contribution in [2.24, 2.45) is 0 Å². The molecule has 2 aromatic carbocycles. The van der Waals surface area contributed by atoms with Crippen LogP contribution in [0.15, 0.2) is 63.3 Å². The topological polar surface area (TPSA) is 12.9 Å². The lowest BCUT2D eigenvalue weighted by atomic mass is 10.2. The second-order valence-electron chi connectivity index (χ2n) is 4.35. The molecule has 1 aromatic heterocycles. The van der Waals surface area contributed by atoms with Crippen molar-refractivity contribution >= 4 is 50.6 Å². The number of hydrogen-bond acceptors (Lipinski definition) is 3. The first-order valence-corrected chi connectivity index (χ1v) is 9.33. The number of thioether (sulfide) groups is 1. The van der Waals surface area contributed by atoms with E-state index in [0.717, 1.165) is 36.4 Å². The van der Waals surface area contributed by atoms with Gasteiger partial charge in [-0.3, -0.25) is 0 Å². The third kappa shape index (κ3) is 3.89. The van der Waals surface area contributed by atoms with Crippen LogP contribution in [0.1, 0.15) is 5.01 Å². The molecule has 106 valence electrons. The van der Waals surface area contributed by atoms with E-state index in [1.165, 1.54) is 0 Å². The largest absolute Gasteiger partial charge is 0.240 e. The van der Waals surface area contributed by atoms with Gasteiger partial charge in [-0.25, -0.2) is 4.98 Å². The molecule has 21 heavy (non-hydrogen) atoms. The number of rotatable bonds is 4. The van der Waals surface area contributed by atoms with E-state index in [2.05, 4.69) is 33.4 Å². The molecule has 0 bridgehead atoms. The Hall–Kier alpha value is -0.810. The van der Waals surface area contributed by atoms with Crippen molar-refractivity contribution in [1.29, 1.82) is 0 Å². The molecular formula is C16H11BrClNS2. The molecular weight excluding hydrogens is 386 g/mol. The van der Waals surface area contributed by atoms with E-state index in [-0.39, 0.29) is 0 Å². The fraction of sp³-hybridized carbons (Fsp3) is 0.0625. The van der Waals surface area contributed by atoms with Crippen LogP contribution in [-0.4, -0.2) is 4.98 Å². The predicted octanol–water partition coefficient (Wildman–Crippen LogP) is 6.52. The second-order valence-corrected chi connectivity index (χ2v) is 7.64. The van der Waals surface area contributed by atoms with Crippen molar-refractivity contribution in [3.8, 4) is 11.3 Å². The SMILES string of the molecule is Clc1ccccc1SCc1nc(-c2ccc(Br)cc2)cs1. The van der Waals surface area contributed by atoms with E-state index >= 15 is 0 Å². The Kier molecular flexibility index (Phi) is 5.01. The van der Waals surface area contributed by atoms with Gasteiger partial charge in [-0.05, 0) is 24.3 Å². The first kappa shape index (κ1) is 15.1. The van der Waals surface area contributed by atoms with Gasteiger partial charge in [-0.1, -0.05) is 51.8 Å². The van der Waals surface area contributed by atoms with Gasteiger partial charge in [0.15, 0.2) is 0 Å². The maximum Gasteiger partial charge on any atom is 0.104 e. The molecule has 0 fully saturated rings. The summed E-state index contributed by atoms with van der Waals surface area (Å²) < 4.78 is 1.08. The summed E-state index contributed by atoms with van der Waals surface area (Å²) in [5, 5.41) is 4.01. The van der Waals surface area contributed by atoms with Gasteiger partial charge in [0, 0.05) is 20.3 Å². The van der Waals surface area contributed by atoms with Crippen LogP contribution in [0.2, 0.25) is 5.02 Å². The zero-order valence-electron chi connectivity index (χ0n) is 10.9. The fourth-order valence-electron chi connectivity index (χ4n) is 1.83. The zero-order chi connectivity index (χ0) is 14.7. The lowest BCUT2D eigenvalue weighted by molar-refractivity contribution is 1.26. The summed E-state index contributed by atoms with van der Waals surface area (Å²) in [6.45, 7) is 0. The van der Waals surface area contributed by atoms with Gasteiger partial charge >= 0.3 is 0 Å². The normalized spacial score (nSPS) is 10.8. The molecule has 1 nitrogen and oxygen atoms in total. The van der Waals surface area contributed by atoms with Crippen molar-refractivity contribution in [3.05, 3.63) is 68.4 Å². The Balaban J connectivity index is 1.71. The number of thiazole rings is 1. The number of halogens is 2. The summed E-state index contributed by atoms with van der Waals surface area (Å²) in [5.41, 5.74) is 2.17. The summed E-state index contributed by atoms with van der Waals surface area (Å²) in [6.07, 6.45) is 0. The second kappa shape index (κ2) is 6.97. The highest BCUT2D eigenvalue weighted by Gasteiger charge is 2.06. The van der Waals surface area contributed by atoms with Crippen LogP contribution in [0.25, 0.3) is 11.3 Å². The average molecular weight is 397 g/mol. The van der Waals surface area contributed by atoms with Crippen molar-refractivity contribution in [1.82, 2.24) is 4.98 Å². The smallest absolute Gasteiger partial charge is 0.104 e. The molecule has 5 heteroatoms. The van der Waals surface area contributed by atoms with Gasteiger partial charge in [0.05, 0.1) is 16.5 Å². The van der Waals surface area contributed by atoms with Gasteiger partial charge < -0.3 is 0 Å². The van der Waals surface area contributed by atoms with Crippen molar-refractivity contribution < 1.29 is 0 Å². The van der Waals surface area contributed by atoms with Crippen LogP contribution in [0.4, 0.5) is 0 Å². The highest BCUT2D eigenvalue weighted by Crippen LogP contribution is 2.31. The molecule has 0 saturated heterocycles. The molecule has 0 N–H and O–H groups in total. The molecule has 3 rings (SSSR count). The lowest BCUT2D eigenvalue weighted by Gasteiger charge is -2.01. The van der Waals surface area contributed by atoms with Crippen LogP contribution in [-0.2, 0) is 5.75 Å². The third-order valence-corrected chi connectivity index (χ3v) is 5.97. The highest BCUT2D eigenvalue weighted by molar-refractivity contribution is 9.10. The molecule has 0 atom stereocenters. The van der Waals surface area contributed by atoms with E-state index in [0.29, 0.717) is 0 Å². The number of nitrogens with zero attached hydrogens (tertiary/aromatic N) is 1. The zero-order valence-corrected chi connectivity index (χ0v) is 14.9. The van der Waals surface area contributed by atoms with Gasteiger partial charge in [-0.2, -0.15) is 0 Å². The van der Waals surface area contributed by atoms with E-state index in [4.69, 9.17) is 16.6 Å². The predicted molar refractivity (Wildman–Crippen MR) is 96.3 cm³/mol. The van der Waals surface area contributed by atoms with Crippen LogP contribution in [0.3, 0.4) is 0 Å². The van der Waals surface area contributed by atoms with Crippen LogP contribution in [0.5, 0.6) is 0 Å². The van der Waals surface area contributed by atoms with Crippen LogP contribution >= 0.6 is 50.6 Å². The Labute approximate surface area is 145 Å². The third-order valence-electron chi connectivity index (χ3n) is 2.88. The van der Waals surface area contributed by atoms with E-state index in [9.17, 15) is 0 Å². The molecule has 0 amide bonds. The standard InChI is InChI=1S/C16H11BrClNS2/c17-12-7-5-11(6-8-12)14-9-21-16(19-14)10-20-15-4-2-1-3-13(15)18/h1-9H,10H2. The first-order chi connectivity index (χ1) is 10.2. The molecule has 0 unspecified atom stereocenters. The first-order valence-electron chi connectivity index (χ1n) is 6.30. The van der Waals surface area contributed by atoms with Gasteiger partial charge in [0.25, 0.3) is 0 Å². The molecule has 0 aliphatic carbocycles. The maximum atomic E-state index is 6.16. The Bertz CT molecular complexity index is 740. The number of aromatic nitrogens is 1. The number of hydrogen-bond donors (Lipinski definition) is 0. The van der Waals surface area contributed by atoms with Gasteiger partial charge in [-0.15, -0.1) is 23.1 Å². The van der Waals surface area contributed by atoms with Crippen molar-refractivity contribution in [3.63, 3.8) is 0 Å². The Morgan fingerprint density at radius 3 is 2.62 bits per heavy atom. The molecule has 0 aliphatic rings. The Morgan fingerprint density at radius 2 is 1.86 bits per heavy atom. The maximum absolute atomic E-state index is 6.16. The molecule has 0 radical (unpaired) electrons. The summed E-state index contributed by atoms with van der Waals surface area (Å²) in [6, 6.07) is 16.1. The molecule has 3 aromatic rings. The molecule has 1 heterocycles. The Morgan fingerprint density at radius 1 is 1.10 bits per heavy atom. The minimum absolute atomic E-state index is 0.798. The number of benzene rings is 2. The average Bonchev–Trinajstić information content (AvgIpc) is 2.96. The van der Waals surface area contributed by atoms with Crippen molar-refractivity contribution in [2.45, 2.75) is 10.6 Å². The highest BCUT2D eigenvalue weighted by atomic mass is 79.9. The van der Waals surface area contributed by atoms with Crippen LogP contribution in [0, 0.1) is 0 Å².